The van der Waals surface area contributed by atoms with E-state index >= 15 is 0 Å². The third-order valence-corrected chi connectivity index (χ3v) is 5.86. The molecule has 0 unspecified atom stereocenters. The number of fused-ring (bicyclic) bond motifs is 1. The maximum atomic E-state index is 13.8. The molecule has 0 spiro atoms. The van der Waals surface area contributed by atoms with Gasteiger partial charge in [0.1, 0.15) is 27.5 Å². The summed E-state index contributed by atoms with van der Waals surface area (Å²) in [6.07, 6.45) is -4.76. The quantitative estimate of drug-likeness (QED) is 0.149. The highest BCUT2D eigenvalue weighted by Gasteiger charge is 2.31. The van der Waals surface area contributed by atoms with Crippen LogP contribution in [0.5, 0.6) is 11.5 Å². The number of para-hydroxylation sites is 1. The zero-order chi connectivity index (χ0) is 26.7. The van der Waals surface area contributed by atoms with Gasteiger partial charge in [0.2, 0.25) is 0 Å². The highest BCUT2D eigenvalue weighted by atomic mass is 127. The molecule has 192 valence electrons. The number of amides is 1. The molecule has 0 saturated carbocycles. The van der Waals surface area contributed by atoms with Crippen LogP contribution in [0, 0.1) is 5.82 Å². The molecule has 0 saturated heterocycles. The number of carbonyl (C=O) groups is 1. The number of hydrogen-bond donors (Lipinski definition) is 2. The van der Waals surface area contributed by atoms with Crippen LogP contribution < -0.4 is 20.3 Å². The molecule has 0 radical (unpaired) electrons. The van der Waals surface area contributed by atoms with Crippen LogP contribution in [0.4, 0.5) is 17.6 Å². The van der Waals surface area contributed by atoms with E-state index in [1.807, 2.05) is 22.6 Å². The Hall–Kier alpha value is -3.61. The van der Waals surface area contributed by atoms with Crippen molar-refractivity contribution in [2.75, 3.05) is 11.7 Å². The summed E-state index contributed by atoms with van der Waals surface area (Å²) in [5, 5.41) is 2.95. The van der Waals surface area contributed by atoms with Crippen LogP contribution in [0.3, 0.4) is 0 Å². The van der Waals surface area contributed by atoms with E-state index in [2.05, 4.69) is 10.3 Å². The number of carbonyl (C=O) groups excluding carboxylic acids is 1. The van der Waals surface area contributed by atoms with Crippen molar-refractivity contribution in [2.45, 2.75) is 12.7 Å². The predicted octanol–water partition coefficient (Wildman–Crippen LogP) is 6.06. The lowest BCUT2D eigenvalue weighted by Crippen LogP contribution is -2.30. The molecule has 11 heteroatoms. The van der Waals surface area contributed by atoms with E-state index in [9.17, 15) is 27.2 Å². The monoisotopic (exact) mass is 626 g/mol. The number of hydrogen-bond acceptors (Lipinski definition) is 4. The van der Waals surface area contributed by atoms with Gasteiger partial charge in [-0.05, 0) is 70.1 Å². The average Bonchev–Trinajstić information content (AvgIpc) is 2.86. The van der Waals surface area contributed by atoms with E-state index < -0.39 is 35.6 Å². The van der Waals surface area contributed by atoms with Crippen molar-refractivity contribution in [1.29, 1.82) is 0 Å². The Labute approximate surface area is 221 Å². The Bertz CT molecular complexity index is 1540. The van der Waals surface area contributed by atoms with E-state index in [1.54, 1.807) is 42.5 Å². The molecule has 6 nitrogen and oxygen atoms in total. The van der Waals surface area contributed by atoms with Gasteiger partial charge >= 0.3 is 6.18 Å². The second-order valence-corrected chi connectivity index (χ2v) is 8.52. The number of ether oxygens (including phenoxy) is 2. The highest BCUT2D eigenvalue weighted by molar-refractivity contribution is 14.1. The molecule has 3 aromatic carbocycles. The molecule has 1 aromatic heterocycles. The number of methoxy groups -OCH3 is 1. The first-order chi connectivity index (χ1) is 17.6. The Kier molecular flexibility index (Phi) is 7.71. The van der Waals surface area contributed by atoms with Gasteiger partial charge in [-0.1, -0.05) is 24.3 Å². The van der Waals surface area contributed by atoms with Crippen LogP contribution in [0.25, 0.3) is 22.0 Å². The van der Waals surface area contributed by atoms with E-state index in [0.29, 0.717) is 38.6 Å². The van der Waals surface area contributed by atoms with Crippen LogP contribution >= 0.6 is 22.6 Å². The van der Waals surface area contributed by atoms with Gasteiger partial charge in [0.25, 0.3) is 11.5 Å². The van der Waals surface area contributed by atoms with Crippen molar-refractivity contribution in [1.82, 2.24) is 10.3 Å². The number of nitrogens with one attached hydrogen (secondary N) is 2. The van der Waals surface area contributed by atoms with E-state index in [0.717, 1.165) is 12.1 Å². The minimum Gasteiger partial charge on any atom is -0.497 e. The molecular formula is C26H19F4IN2O4. The minimum atomic E-state index is -4.76. The highest BCUT2D eigenvalue weighted by Crippen LogP contribution is 2.35. The van der Waals surface area contributed by atoms with Crippen LogP contribution in [-0.4, -0.2) is 22.6 Å². The lowest BCUT2D eigenvalue weighted by atomic mass is 9.95. The number of aromatic nitrogens is 1. The number of alkyl halides is 4. The fraction of sp³-hybridized carbons (Fsp3) is 0.154. The van der Waals surface area contributed by atoms with Crippen LogP contribution in [0.15, 0.2) is 65.5 Å². The van der Waals surface area contributed by atoms with Gasteiger partial charge in [0, 0.05) is 17.5 Å². The van der Waals surface area contributed by atoms with Crippen LogP contribution in [0.2, 0.25) is 0 Å². The Morgan fingerprint density at radius 1 is 1.08 bits per heavy atom. The summed E-state index contributed by atoms with van der Waals surface area (Å²) < 4.78 is 64.3. The third kappa shape index (κ3) is 5.71. The van der Waals surface area contributed by atoms with E-state index in [1.165, 1.54) is 7.11 Å². The summed E-state index contributed by atoms with van der Waals surface area (Å²) in [5.41, 5.74) is -1.14. The van der Waals surface area contributed by atoms with Crippen LogP contribution in [0.1, 0.15) is 21.5 Å². The van der Waals surface area contributed by atoms with Crippen molar-refractivity contribution >= 4 is 39.4 Å². The zero-order valence-corrected chi connectivity index (χ0v) is 21.4. The van der Waals surface area contributed by atoms with Crippen molar-refractivity contribution < 1.29 is 31.8 Å². The first-order valence-corrected chi connectivity index (χ1v) is 12.3. The molecule has 4 aromatic rings. The smallest absolute Gasteiger partial charge is 0.416 e. The van der Waals surface area contributed by atoms with E-state index in [-0.39, 0.29) is 16.7 Å². The van der Waals surface area contributed by atoms with E-state index in [4.69, 9.17) is 9.47 Å². The molecule has 4 rings (SSSR count). The normalized spacial score (nSPS) is 11.4. The number of H-pyrrole nitrogens is 1. The molecule has 2 N–H and O–H groups in total. The third-order valence-electron chi connectivity index (χ3n) is 5.54. The predicted molar refractivity (Wildman–Crippen MR) is 139 cm³/mol. The number of halogens is 5. The first kappa shape index (κ1) is 26.5. The van der Waals surface area contributed by atoms with Crippen molar-refractivity contribution in [3.8, 4) is 22.6 Å². The summed E-state index contributed by atoms with van der Waals surface area (Å²) in [6.45, 7) is -0.438. The van der Waals surface area contributed by atoms with Crippen molar-refractivity contribution in [2.24, 2.45) is 0 Å². The molecule has 0 aliphatic carbocycles. The number of pyridine rings is 1. The largest absolute Gasteiger partial charge is 0.497 e. The minimum absolute atomic E-state index is 0.112. The molecule has 0 aliphatic rings. The van der Waals surface area contributed by atoms with Gasteiger partial charge in [-0.2, -0.15) is 13.2 Å². The average molecular weight is 626 g/mol. The molecule has 1 amide bonds. The summed E-state index contributed by atoms with van der Waals surface area (Å²) in [4.78, 5) is 29.2. The van der Waals surface area contributed by atoms with Crippen LogP contribution in [-0.2, 0) is 12.7 Å². The van der Waals surface area contributed by atoms with Crippen molar-refractivity contribution in [3.63, 3.8) is 0 Å². The summed E-state index contributed by atoms with van der Waals surface area (Å²) >= 11 is 2.01. The number of benzene rings is 3. The van der Waals surface area contributed by atoms with Gasteiger partial charge < -0.3 is 19.8 Å². The number of aromatic amines is 1. The molecule has 0 atom stereocenters. The van der Waals surface area contributed by atoms with Gasteiger partial charge in [-0.15, -0.1) is 0 Å². The Balaban J connectivity index is 1.83. The SMILES string of the molecule is COc1cccc(-c2c(C(=O)NCc3cc(F)cc(C(F)(F)F)c3)c(=O)[nH]c3c(OCI)cccc23)c1. The number of rotatable bonds is 7. The lowest BCUT2D eigenvalue weighted by Gasteiger charge is -2.16. The fourth-order valence-corrected chi connectivity index (χ4v) is 4.29. The summed E-state index contributed by atoms with van der Waals surface area (Å²) in [5.74, 6) is -1.06. The molecule has 37 heavy (non-hydrogen) atoms. The lowest BCUT2D eigenvalue weighted by molar-refractivity contribution is -0.137. The molecule has 1 heterocycles. The molecule has 0 bridgehead atoms. The van der Waals surface area contributed by atoms with Gasteiger partial charge in [-0.3, -0.25) is 9.59 Å². The van der Waals surface area contributed by atoms with Crippen molar-refractivity contribution in [3.05, 3.63) is 93.5 Å². The van der Waals surface area contributed by atoms with Gasteiger partial charge in [0.15, 0.2) is 0 Å². The fourth-order valence-electron chi connectivity index (χ4n) is 3.95. The second kappa shape index (κ2) is 10.8. The summed E-state index contributed by atoms with van der Waals surface area (Å²) in [6, 6.07) is 13.8. The zero-order valence-electron chi connectivity index (χ0n) is 19.2. The molecule has 0 aliphatic heterocycles. The molecular weight excluding hydrogens is 607 g/mol. The second-order valence-electron chi connectivity index (χ2n) is 7.90. The molecule has 0 fully saturated rings. The summed E-state index contributed by atoms with van der Waals surface area (Å²) in [7, 11) is 1.48. The first-order valence-electron chi connectivity index (χ1n) is 10.8. The topological polar surface area (TPSA) is 80.4 Å². The maximum Gasteiger partial charge on any atom is 0.416 e. The van der Waals surface area contributed by atoms with Gasteiger partial charge in [0.05, 0.1) is 18.2 Å². The van der Waals surface area contributed by atoms with Gasteiger partial charge in [-0.25, -0.2) is 4.39 Å². The standard InChI is InChI=1S/C26H19F4IN2O4/c1-36-18-5-2-4-15(10-18)21-19-6-3-7-20(37-13-31)23(19)33-25(35)22(21)24(34)32-12-14-8-16(26(28,29)30)11-17(27)9-14/h2-11H,12-13H2,1H3,(H,32,34)(H,33,35). The Morgan fingerprint density at radius 3 is 2.54 bits per heavy atom. The maximum absolute atomic E-state index is 13.8. The Morgan fingerprint density at radius 2 is 1.84 bits per heavy atom.